The molecule has 1 aromatic rings. The fourth-order valence-electron chi connectivity index (χ4n) is 3.21. The van der Waals surface area contributed by atoms with E-state index in [9.17, 15) is 9.59 Å². The molecule has 0 aromatic heterocycles. The number of halogens is 2. The van der Waals surface area contributed by atoms with E-state index >= 15 is 0 Å². The lowest BCUT2D eigenvalue weighted by molar-refractivity contribution is -0.118. The van der Waals surface area contributed by atoms with Crippen molar-refractivity contribution in [2.75, 3.05) is 18.9 Å². The molecule has 134 valence electrons. The van der Waals surface area contributed by atoms with E-state index < -0.39 is 0 Å². The molecule has 0 saturated heterocycles. The molecule has 1 aromatic carbocycles. The number of benzene rings is 1. The van der Waals surface area contributed by atoms with Gasteiger partial charge >= 0.3 is 0 Å². The van der Waals surface area contributed by atoms with Crippen LogP contribution in [-0.2, 0) is 4.79 Å². The molecule has 0 unspecified atom stereocenters. The van der Waals surface area contributed by atoms with Crippen molar-refractivity contribution in [3.8, 4) is 0 Å². The van der Waals surface area contributed by atoms with Crippen LogP contribution in [0.5, 0.6) is 0 Å². The monoisotopic (exact) mass is 373 g/mol. The van der Waals surface area contributed by atoms with Gasteiger partial charge in [0.15, 0.2) is 0 Å². The van der Waals surface area contributed by atoms with E-state index in [-0.39, 0.29) is 29.6 Å². The van der Waals surface area contributed by atoms with Crippen LogP contribution in [0.3, 0.4) is 0 Å². The van der Waals surface area contributed by atoms with Gasteiger partial charge in [0.25, 0.3) is 5.91 Å². The molecule has 1 aliphatic rings. The SMILES string of the molecule is CNC(=O)c1cc(NC(=O)CC2(CN)CCCCC2)ccc1Cl.Cl. The van der Waals surface area contributed by atoms with E-state index in [4.69, 9.17) is 17.3 Å². The zero-order valence-electron chi connectivity index (χ0n) is 13.9. The molecule has 7 heteroatoms. The van der Waals surface area contributed by atoms with Crippen LogP contribution in [0.2, 0.25) is 5.02 Å². The van der Waals surface area contributed by atoms with Crippen LogP contribution in [0.4, 0.5) is 5.69 Å². The maximum absolute atomic E-state index is 12.4. The van der Waals surface area contributed by atoms with E-state index in [1.807, 2.05) is 0 Å². The Bertz CT molecular complexity index is 587. The topological polar surface area (TPSA) is 84.2 Å². The Morgan fingerprint density at radius 3 is 2.50 bits per heavy atom. The van der Waals surface area contributed by atoms with Crippen molar-refractivity contribution in [2.45, 2.75) is 38.5 Å². The standard InChI is InChI=1S/C17H24ClN3O2.ClH/c1-20-16(23)13-9-12(5-6-14(13)18)21-15(22)10-17(11-19)7-3-2-4-8-17;/h5-6,9H,2-4,7-8,10-11,19H2,1H3,(H,20,23)(H,21,22);1H. The van der Waals surface area contributed by atoms with Gasteiger partial charge in [-0.05, 0) is 43.0 Å². The largest absolute Gasteiger partial charge is 0.355 e. The summed E-state index contributed by atoms with van der Waals surface area (Å²) in [6.07, 6.45) is 5.90. The quantitative estimate of drug-likeness (QED) is 0.739. The number of nitrogens with two attached hydrogens (primary N) is 1. The zero-order valence-corrected chi connectivity index (χ0v) is 15.4. The Morgan fingerprint density at radius 2 is 1.92 bits per heavy atom. The fraction of sp³-hybridized carbons (Fsp3) is 0.529. The Hall–Kier alpha value is -1.30. The lowest BCUT2D eigenvalue weighted by Gasteiger charge is -2.35. The van der Waals surface area contributed by atoms with Gasteiger partial charge in [-0.1, -0.05) is 30.9 Å². The number of amides is 2. The van der Waals surface area contributed by atoms with Crippen molar-refractivity contribution < 1.29 is 9.59 Å². The normalized spacial score (nSPS) is 16.0. The van der Waals surface area contributed by atoms with Crippen molar-refractivity contribution >= 4 is 41.5 Å². The average molecular weight is 374 g/mol. The molecule has 0 aliphatic heterocycles. The van der Waals surface area contributed by atoms with E-state index in [1.54, 1.807) is 18.2 Å². The van der Waals surface area contributed by atoms with Gasteiger partial charge in [-0.2, -0.15) is 0 Å². The highest BCUT2D eigenvalue weighted by Crippen LogP contribution is 2.38. The minimum absolute atomic E-state index is 0. The van der Waals surface area contributed by atoms with Gasteiger partial charge in [-0.25, -0.2) is 0 Å². The molecular weight excluding hydrogens is 349 g/mol. The molecule has 5 nitrogen and oxygen atoms in total. The van der Waals surface area contributed by atoms with Gasteiger partial charge in [-0.3, -0.25) is 9.59 Å². The van der Waals surface area contributed by atoms with Gasteiger partial charge < -0.3 is 16.4 Å². The molecule has 1 aliphatic carbocycles. The summed E-state index contributed by atoms with van der Waals surface area (Å²) in [5.74, 6) is -0.348. The number of anilines is 1. The molecule has 1 saturated carbocycles. The Labute approximate surface area is 154 Å². The third-order valence-electron chi connectivity index (χ3n) is 4.60. The molecule has 2 rings (SSSR count). The minimum Gasteiger partial charge on any atom is -0.355 e. The van der Waals surface area contributed by atoms with Crippen molar-refractivity contribution in [3.63, 3.8) is 0 Å². The van der Waals surface area contributed by atoms with Gasteiger partial charge in [0.05, 0.1) is 10.6 Å². The number of hydrogen-bond donors (Lipinski definition) is 3. The summed E-state index contributed by atoms with van der Waals surface area (Å²) < 4.78 is 0. The predicted octanol–water partition coefficient (Wildman–Crippen LogP) is 3.36. The molecule has 0 heterocycles. The molecule has 0 spiro atoms. The van der Waals surface area contributed by atoms with Crippen molar-refractivity contribution in [2.24, 2.45) is 11.1 Å². The highest BCUT2D eigenvalue weighted by Gasteiger charge is 2.33. The Balaban J connectivity index is 0.00000288. The lowest BCUT2D eigenvalue weighted by atomic mass is 9.71. The molecule has 4 N–H and O–H groups in total. The van der Waals surface area contributed by atoms with Gasteiger partial charge in [-0.15, -0.1) is 12.4 Å². The van der Waals surface area contributed by atoms with Gasteiger partial charge in [0, 0.05) is 19.2 Å². The number of hydrogen-bond acceptors (Lipinski definition) is 3. The van der Waals surface area contributed by atoms with E-state index in [0.717, 1.165) is 25.7 Å². The third kappa shape index (κ3) is 5.10. The van der Waals surface area contributed by atoms with Crippen molar-refractivity contribution in [1.29, 1.82) is 0 Å². The summed E-state index contributed by atoms with van der Waals surface area (Å²) in [7, 11) is 1.54. The second kappa shape index (κ2) is 9.25. The first-order valence-corrected chi connectivity index (χ1v) is 8.39. The van der Waals surface area contributed by atoms with E-state index in [0.29, 0.717) is 29.2 Å². The number of rotatable bonds is 5. The first-order valence-electron chi connectivity index (χ1n) is 8.01. The Morgan fingerprint density at radius 1 is 1.25 bits per heavy atom. The van der Waals surface area contributed by atoms with E-state index in [1.165, 1.54) is 13.5 Å². The summed E-state index contributed by atoms with van der Waals surface area (Å²) >= 11 is 6.02. The molecule has 1 fully saturated rings. The fourth-order valence-corrected chi connectivity index (χ4v) is 3.42. The number of carbonyl (C=O) groups is 2. The number of carbonyl (C=O) groups excluding carboxylic acids is 2. The smallest absolute Gasteiger partial charge is 0.252 e. The highest BCUT2D eigenvalue weighted by atomic mass is 35.5. The predicted molar refractivity (Wildman–Crippen MR) is 99.9 cm³/mol. The van der Waals surface area contributed by atoms with Gasteiger partial charge in [0.2, 0.25) is 5.91 Å². The second-order valence-corrected chi connectivity index (χ2v) is 6.67. The first-order chi connectivity index (χ1) is 11.0. The first kappa shape index (κ1) is 20.7. The van der Waals surface area contributed by atoms with Crippen LogP contribution in [0.25, 0.3) is 0 Å². The summed E-state index contributed by atoms with van der Waals surface area (Å²) in [6, 6.07) is 4.90. The second-order valence-electron chi connectivity index (χ2n) is 6.26. The maximum atomic E-state index is 12.4. The summed E-state index contributed by atoms with van der Waals surface area (Å²) in [6.45, 7) is 0.532. The molecule has 2 amide bonds. The van der Waals surface area contributed by atoms with Crippen LogP contribution in [0.15, 0.2) is 18.2 Å². The van der Waals surface area contributed by atoms with Crippen molar-refractivity contribution in [3.05, 3.63) is 28.8 Å². The van der Waals surface area contributed by atoms with Crippen LogP contribution in [0, 0.1) is 5.41 Å². The number of nitrogens with one attached hydrogen (secondary N) is 2. The summed E-state index contributed by atoms with van der Waals surface area (Å²) in [5.41, 5.74) is 6.76. The summed E-state index contributed by atoms with van der Waals surface area (Å²) in [5, 5.41) is 5.75. The lowest BCUT2D eigenvalue weighted by Crippen LogP contribution is -2.36. The average Bonchev–Trinajstić information content (AvgIpc) is 2.56. The third-order valence-corrected chi connectivity index (χ3v) is 4.93. The molecule has 0 radical (unpaired) electrons. The van der Waals surface area contributed by atoms with E-state index in [2.05, 4.69) is 10.6 Å². The maximum Gasteiger partial charge on any atom is 0.252 e. The molecule has 0 atom stereocenters. The van der Waals surface area contributed by atoms with Gasteiger partial charge in [0.1, 0.15) is 0 Å². The summed E-state index contributed by atoms with van der Waals surface area (Å²) in [4.78, 5) is 24.1. The Kier molecular flexibility index (Phi) is 8.00. The van der Waals surface area contributed by atoms with Crippen LogP contribution >= 0.6 is 24.0 Å². The molecule has 0 bridgehead atoms. The van der Waals surface area contributed by atoms with Crippen LogP contribution in [-0.4, -0.2) is 25.4 Å². The van der Waals surface area contributed by atoms with Crippen LogP contribution < -0.4 is 16.4 Å². The molecular formula is C17H25Cl2N3O2. The highest BCUT2D eigenvalue weighted by molar-refractivity contribution is 6.34. The zero-order chi connectivity index (χ0) is 16.9. The van der Waals surface area contributed by atoms with Crippen LogP contribution in [0.1, 0.15) is 48.9 Å². The van der Waals surface area contributed by atoms with Crippen molar-refractivity contribution in [1.82, 2.24) is 5.32 Å². The molecule has 24 heavy (non-hydrogen) atoms. The minimum atomic E-state index is -0.281.